The Morgan fingerprint density at radius 3 is 1.58 bits per heavy atom. The summed E-state index contributed by atoms with van der Waals surface area (Å²) in [5.41, 5.74) is 8.14. The van der Waals surface area contributed by atoms with Gasteiger partial charge in [0.05, 0.1) is 22.1 Å². The smallest absolute Gasteiger partial charge is 0.0979 e. The van der Waals surface area contributed by atoms with E-state index in [4.69, 9.17) is 9.97 Å². The highest BCUT2D eigenvalue weighted by atomic mass is 14.8. The summed E-state index contributed by atoms with van der Waals surface area (Å²) in [4.78, 5) is 9.94. The molecule has 0 amide bonds. The summed E-state index contributed by atoms with van der Waals surface area (Å²) in [7, 11) is 0. The Balaban J connectivity index is 1.90. The first-order valence-corrected chi connectivity index (χ1v) is 8.61. The summed E-state index contributed by atoms with van der Waals surface area (Å²) < 4.78 is 0. The van der Waals surface area contributed by atoms with Gasteiger partial charge in [0.15, 0.2) is 0 Å². The topological polar surface area (TPSA) is 25.8 Å². The fraction of sp³-hybridized carbons (Fsp3) is 0. The number of nitrogens with zero attached hydrogens (tertiary/aromatic N) is 2. The predicted octanol–water partition coefficient (Wildman–Crippen LogP) is 5.92. The number of aromatic nitrogens is 2. The van der Waals surface area contributed by atoms with Gasteiger partial charge in [0.25, 0.3) is 0 Å². The maximum atomic E-state index is 4.97. The van der Waals surface area contributed by atoms with E-state index in [2.05, 4.69) is 54.6 Å². The fourth-order valence-electron chi connectivity index (χ4n) is 3.35. The van der Waals surface area contributed by atoms with Crippen LogP contribution in [0, 0.1) is 6.07 Å². The van der Waals surface area contributed by atoms with Crippen molar-refractivity contribution in [1.29, 1.82) is 0 Å². The average Bonchev–Trinajstić information content (AvgIpc) is 2.73. The van der Waals surface area contributed by atoms with Crippen LogP contribution in [0.3, 0.4) is 0 Å². The second-order valence-corrected chi connectivity index (χ2v) is 6.22. The normalized spacial score (nSPS) is 11.1. The van der Waals surface area contributed by atoms with Crippen LogP contribution in [0.2, 0.25) is 0 Å². The Bertz CT molecular complexity index is 1120. The molecule has 1 aromatic heterocycles. The summed E-state index contributed by atoms with van der Waals surface area (Å²) in [5, 5.41) is 0. The van der Waals surface area contributed by atoms with E-state index in [0.29, 0.717) is 0 Å². The molecule has 0 atom stereocenters. The van der Waals surface area contributed by atoms with Gasteiger partial charge in [-0.2, -0.15) is 0 Å². The monoisotopic (exact) mass is 331 g/mol. The standard InChI is InChI=1S/C24H15N2/c1-3-9-17(10-4-1)19-15-16-20(18-11-5-2-6-12-18)24-23(19)25-21-13-7-8-14-22(21)26-24/h1,3-16H. The summed E-state index contributed by atoms with van der Waals surface area (Å²) in [6.45, 7) is 0. The van der Waals surface area contributed by atoms with Gasteiger partial charge in [-0.05, 0) is 29.3 Å². The molecule has 4 aromatic carbocycles. The zero-order chi connectivity index (χ0) is 17.3. The number of para-hydroxylation sites is 2. The van der Waals surface area contributed by atoms with Crippen molar-refractivity contribution >= 4 is 22.1 Å². The molecule has 0 saturated carbocycles. The van der Waals surface area contributed by atoms with Crippen molar-refractivity contribution in [3.8, 4) is 22.3 Å². The van der Waals surface area contributed by atoms with Gasteiger partial charge in [-0.3, -0.25) is 0 Å². The SMILES string of the molecule is [c]1ccc(-c2ccc(-c3ccccc3)c3nc4ccccc4nc23)cc1. The molecule has 0 unspecified atom stereocenters. The molecule has 0 aliphatic heterocycles. The van der Waals surface area contributed by atoms with Crippen molar-refractivity contribution in [2.24, 2.45) is 0 Å². The van der Waals surface area contributed by atoms with E-state index >= 15 is 0 Å². The van der Waals surface area contributed by atoms with Crippen LogP contribution < -0.4 is 0 Å². The molecule has 0 fully saturated rings. The van der Waals surface area contributed by atoms with Crippen molar-refractivity contribution in [2.75, 3.05) is 0 Å². The highest BCUT2D eigenvalue weighted by molar-refractivity contribution is 6.03. The zero-order valence-corrected chi connectivity index (χ0v) is 14.1. The van der Waals surface area contributed by atoms with Crippen molar-refractivity contribution in [1.82, 2.24) is 9.97 Å². The van der Waals surface area contributed by atoms with Crippen molar-refractivity contribution in [3.05, 3.63) is 97.1 Å². The predicted molar refractivity (Wildman–Crippen MR) is 107 cm³/mol. The van der Waals surface area contributed by atoms with Crippen molar-refractivity contribution in [2.45, 2.75) is 0 Å². The molecule has 1 heterocycles. The second kappa shape index (κ2) is 6.08. The summed E-state index contributed by atoms with van der Waals surface area (Å²) in [5.74, 6) is 0. The Kier molecular flexibility index (Phi) is 3.46. The average molecular weight is 331 g/mol. The molecule has 5 rings (SSSR count). The van der Waals surface area contributed by atoms with Crippen LogP contribution in [0.4, 0.5) is 0 Å². The van der Waals surface area contributed by atoms with Crippen LogP contribution in [0.1, 0.15) is 0 Å². The first kappa shape index (κ1) is 14.8. The van der Waals surface area contributed by atoms with E-state index in [0.717, 1.165) is 44.3 Å². The first-order valence-electron chi connectivity index (χ1n) is 8.61. The van der Waals surface area contributed by atoms with Gasteiger partial charge in [-0.1, -0.05) is 78.9 Å². The molecule has 0 spiro atoms. The lowest BCUT2D eigenvalue weighted by atomic mass is 9.97. The van der Waals surface area contributed by atoms with Gasteiger partial charge in [0.2, 0.25) is 0 Å². The third kappa shape index (κ3) is 2.44. The molecule has 2 nitrogen and oxygen atoms in total. The molecular formula is C24H15N2. The molecule has 0 saturated heterocycles. The fourth-order valence-corrected chi connectivity index (χ4v) is 3.35. The Morgan fingerprint density at radius 1 is 0.500 bits per heavy atom. The van der Waals surface area contributed by atoms with E-state index in [1.54, 1.807) is 0 Å². The van der Waals surface area contributed by atoms with Crippen LogP contribution in [0.25, 0.3) is 44.3 Å². The number of hydrogen-bond acceptors (Lipinski definition) is 2. The number of benzene rings is 4. The van der Waals surface area contributed by atoms with E-state index in [-0.39, 0.29) is 0 Å². The maximum Gasteiger partial charge on any atom is 0.0979 e. The highest BCUT2D eigenvalue weighted by Crippen LogP contribution is 2.34. The van der Waals surface area contributed by atoms with E-state index < -0.39 is 0 Å². The van der Waals surface area contributed by atoms with Crippen molar-refractivity contribution in [3.63, 3.8) is 0 Å². The summed E-state index contributed by atoms with van der Waals surface area (Å²) in [6, 6.07) is 33.8. The quantitative estimate of drug-likeness (QED) is 0.375. The molecule has 0 bridgehead atoms. The van der Waals surface area contributed by atoms with Crippen LogP contribution in [0.15, 0.2) is 91.0 Å². The summed E-state index contributed by atoms with van der Waals surface area (Å²) in [6.07, 6.45) is 0. The number of rotatable bonds is 2. The van der Waals surface area contributed by atoms with Crippen LogP contribution >= 0.6 is 0 Å². The lowest BCUT2D eigenvalue weighted by molar-refractivity contribution is 1.39. The molecule has 0 N–H and O–H groups in total. The van der Waals surface area contributed by atoms with Gasteiger partial charge in [0, 0.05) is 11.1 Å². The molecule has 2 heteroatoms. The van der Waals surface area contributed by atoms with Gasteiger partial charge >= 0.3 is 0 Å². The van der Waals surface area contributed by atoms with Gasteiger partial charge in [0.1, 0.15) is 0 Å². The Morgan fingerprint density at radius 2 is 1.00 bits per heavy atom. The number of hydrogen-bond donors (Lipinski definition) is 0. The maximum absolute atomic E-state index is 4.97. The first-order chi connectivity index (χ1) is 12.9. The largest absolute Gasteiger partial charge is 0.244 e. The molecule has 121 valence electrons. The Hall–Kier alpha value is -3.52. The summed E-state index contributed by atoms with van der Waals surface area (Å²) >= 11 is 0. The lowest BCUT2D eigenvalue weighted by Gasteiger charge is -2.12. The van der Waals surface area contributed by atoms with E-state index in [9.17, 15) is 0 Å². The lowest BCUT2D eigenvalue weighted by Crippen LogP contribution is -1.93. The van der Waals surface area contributed by atoms with Crippen LogP contribution in [-0.2, 0) is 0 Å². The zero-order valence-electron chi connectivity index (χ0n) is 14.1. The number of fused-ring (bicyclic) bond motifs is 2. The van der Waals surface area contributed by atoms with Gasteiger partial charge in [-0.25, -0.2) is 9.97 Å². The molecule has 5 aromatic rings. The molecule has 0 aliphatic carbocycles. The third-order valence-electron chi connectivity index (χ3n) is 4.61. The molecular weight excluding hydrogens is 316 g/mol. The van der Waals surface area contributed by atoms with Gasteiger partial charge < -0.3 is 0 Å². The molecule has 0 aliphatic rings. The minimum Gasteiger partial charge on any atom is -0.244 e. The highest BCUT2D eigenvalue weighted by Gasteiger charge is 2.13. The second-order valence-electron chi connectivity index (χ2n) is 6.22. The molecule has 26 heavy (non-hydrogen) atoms. The van der Waals surface area contributed by atoms with Crippen LogP contribution in [0.5, 0.6) is 0 Å². The third-order valence-corrected chi connectivity index (χ3v) is 4.61. The van der Waals surface area contributed by atoms with Crippen LogP contribution in [-0.4, -0.2) is 9.97 Å². The van der Waals surface area contributed by atoms with Crippen molar-refractivity contribution < 1.29 is 0 Å². The Labute approximate surface area is 151 Å². The van der Waals surface area contributed by atoms with E-state index in [1.165, 1.54) is 0 Å². The van der Waals surface area contributed by atoms with E-state index in [1.807, 2.05) is 42.5 Å². The minimum atomic E-state index is 0.911. The molecule has 1 radical (unpaired) electrons. The van der Waals surface area contributed by atoms with Gasteiger partial charge in [-0.15, -0.1) is 0 Å². The minimum absolute atomic E-state index is 0.911.